The lowest BCUT2D eigenvalue weighted by Gasteiger charge is -2.26. The highest BCUT2D eigenvalue weighted by atomic mass is 19.1. The van der Waals surface area contributed by atoms with Crippen molar-refractivity contribution < 1.29 is 9.50 Å². The fraction of sp³-hybridized carbons (Fsp3) is 0.444. The SMILES string of the molecule is Cn1ccc(CN2CCCC2CC(O)c2ccc(F)cc2)c1. The number of rotatable bonds is 5. The standard InChI is InChI=1S/C18H23FN2O/c1-20-10-8-14(12-20)13-21-9-2-3-17(21)11-18(22)15-4-6-16(19)7-5-15/h4-8,10,12,17-18,22H,2-3,9,11,13H2,1H3. The number of aryl methyl sites for hydroxylation is 1. The molecule has 0 spiro atoms. The second kappa shape index (κ2) is 6.63. The Morgan fingerprint density at radius 2 is 2.05 bits per heavy atom. The highest BCUT2D eigenvalue weighted by Gasteiger charge is 2.27. The van der Waals surface area contributed by atoms with E-state index >= 15 is 0 Å². The van der Waals surface area contributed by atoms with Gasteiger partial charge in [-0.1, -0.05) is 12.1 Å². The van der Waals surface area contributed by atoms with E-state index in [2.05, 4.69) is 27.9 Å². The van der Waals surface area contributed by atoms with Crippen LogP contribution >= 0.6 is 0 Å². The Labute approximate surface area is 131 Å². The topological polar surface area (TPSA) is 28.4 Å². The van der Waals surface area contributed by atoms with E-state index in [0.717, 1.165) is 25.1 Å². The Kier molecular flexibility index (Phi) is 4.60. The lowest BCUT2D eigenvalue weighted by molar-refractivity contribution is 0.118. The molecular formula is C18H23FN2O. The van der Waals surface area contributed by atoms with Gasteiger partial charge in [-0.15, -0.1) is 0 Å². The molecule has 1 fully saturated rings. The van der Waals surface area contributed by atoms with Crippen molar-refractivity contribution >= 4 is 0 Å². The molecule has 0 saturated carbocycles. The summed E-state index contributed by atoms with van der Waals surface area (Å²) in [6.07, 6.45) is 6.68. The fourth-order valence-corrected chi connectivity index (χ4v) is 3.34. The van der Waals surface area contributed by atoms with E-state index in [1.807, 2.05) is 7.05 Å². The van der Waals surface area contributed by atoms with Crippen molar-refractivity contribution in [2.24, 2.45) is 7.05 Å². The van der Waals surface area contributed by atoms with E-state index in [1.165, 1.54) is 24.1 Å². The van der Waals surface area contributed by atoms with Gasteiger partial charge in [-0.3, -0.25) is 4.90 Å². The zero-order valence-corrected chi connectivity index (χ0v) is 13.0. The van der Waals surface area contributed by atoms with Crippen LogP contribution in [0.3, 0.4) is 0 Å². The Bertz CT molecular complexity index is 608. The number of aromatic nitrogens is 1. The third kappa shape index (κ3) is 3.57. The van der Waals surface area contributed by atoms with Gasteiger partial charge < -0.3 is 9.67 Å². The first kappa shape index (κ1) is 15.3. The number of benzene rings is 1. The Morgan fingerprint density at radius 1 is 1.27 bits per heavy atom. The molecule has 118 valence electrons. The molecule has 1 N–H and O–H groups in total. The summed E-state index contributed by atoms with van der Waals surface area (Å²) in [5, 5.41) is 10.4. The quantitative estimate of drug-likeness (QED) is 0.918. The number of halogens is 1. The van der Waals surface area contributed by atoms with Gasteiger partial charge in [0.05, 0.1) is 6.10 Å². The maximum absolute atomic E-state index is 13.0. The molecule has 22 heavy (non-hydrogen) atoms. The maximum atomic E-state index is 13.0. The molecule has 0 bridgehead atoms. The molecule has 4 heteroatoms. The molecule has 1 aromatic heterocycles. The van der Waals surface area contributed by atoms with Crippen LogP contribution in [0.4, 0.5) is 4.39 Å². The van der Waals surface area contributed by atoms with E-state index in [4.69, 9.17) is 0 Å². The minimum atomic E-state index is -0.526. The molecule has 3 rings (SSSR count). The molecule has 1 aliphatic heterocycles. The second-order valence-corrected chi connectivity index (χ2v) is 6.25. The number of aliphatic hydroxyl groups is 1. The predicted octanol–water partition coefficient (Wildman–Crippen LogP) is 3.25. The number of hydrogen-bond donors (Lipinski definition) is 1. The summed E-state index contributed by atoms with van der Waals surface area (Å²) < 4.78 is 15.0. The lowest BCUT2D eigenvalue weighted by atomic mass is 10.0. The summed E-state index contributed by atoms with van der Waals surface area (Å²) in [5.41, 5.74) is 2.11. The minimum Gasteiger partial charge on any atom is -0.388 e. The van der Waals surface area contributed by atoms with E-state index in [0.29, 0.717) is 12.5 Å². The van der Waals surface area contributed by atoms with Gasteiger partial charge in [0.25, 0.3) is 0 Å². The summed E-state index contributed by atoms with van der Waals surface area (Å²) in [6.45, 7) is 2.01. The normalized spacial score (nSPS) is 20.4. The smallest absolute Gasteiger partial charge is 0.123 e. The van der Waals surface area contributed by atoms with Crippen molar-refractivity contribution in [3.63, 3.8) is 0 Å². The van der Waals surface area contributed by atoms with E-state index in [1.54, 1.807) is 12.1 Å². The van der Waals surface area contributed by atoms with Crippen molar-refractivity contribution in [3.05, 3.63) is 59.7 Å². The molecule has 1 aliphatic rings. The van der Waals surface area contributed by atoms with Gasteiger partial charge in [0.15, 0.2) is 0 Å². The minimum absolute atomic E-state index is 0.262. The third-order valence-electron chi connectivity index (χ3n) is 4.53. The molecule has 1 saturated heterocycles. The van der Waals surface area contributed by atoms with Crippen LogP contribution < -0.4 is 0 Å². The first-order valence-corrected chi connectivity index (χ1v) is 7.90. The summed E-state index contributed by atoms with van der Waals surface area (Å²) in [7, 11) is 2.03. The lowest BCUT2D eigenvalue weighted by Crippen LogP contribution is -2.30. The van der Waals surface area contributed by atoms with Crippen molar-refractivity contribution in [2.75, 3.05) is 6.54 Å². The first-order valence-electron chi connectivity index (χ1n) is 7.90. The highest BCUT2D eigenvalue weighted by molar-refractivity contribution is 5.19. The van der Waals surface area contributed by atoms with Crippen LogP contribution in [0.5, 0.6) is 0 Å². The highest BCUT2D eigenvalue weighted by Crippen LogP contribution is 2.28. The molecule has 2 aromatic rings. The number of aliphatic hydroxyl groups excluding tert-OH is 1. The van der Waals surface area contributed by atoms with Crippen LogP contribution in [0, 0.1) is 5.82 Å². The van der Waals surface area contributed by atoms with Crippen LogP contribution in [0.2, 0.25) is 0 Å². The summed E-state index contributed by atoms with van der Waals surface area (Å²) in [4.78, 5) is 2.45. The van der Waals surface area contributed by atoms with Crippen molar-refractivity contribution in [1.29, 1.82) is 0 Å². The number of likely N-dealkylation sites (tertiary alicyclic amines) is 1. The predicted molar refractivity (Wildman–Crippen MR) is 84.8 cm³/mol. The molecule has 3 nitrogen and oxygen atoms in total. The Morgan fingerprint density at radius 3 is 2.73 bits per heavy atom. The van der Waals surface area contributed by atoms with Crippen LogP contribution in [0.25, 0.3) is 0 Å². The van der Waals surface area contributed by atoms with E-state index in [-0.39, 0.29) is 5.82 Å². The van der Waals surface area contributed by atoms with Gasteiger partial charge >= 0.3 is 0 Å². The monoisotopic (exact) mass is 302 g/mol. The van der Waals surface area contributed by atoms with Gasteiger partial charge in [-0.05, 0) is 55.1 Å². The van der Waals surface area contributed by atoms with E-state index < -0.39 is 6.10 Å². The zero-order valence-electron chi connectivity index (χ0n) is 13.0. The van der Waals surface area contributed by atoms with Crippen LogP contribution in [-0.2, 0) is 13.6 Å². The fourth-order valence-electron chi connectivity index (χ4n) is 3.34. The van der Waals surface area contributed by atoms with Crippen molar-refractivity contribution in [2.45, 2.75) is 38.0 Å². The molecule has 0 aliphatic carbocycles. The van der Waals surface area contributed by atoms with Crippen LogP contribution in [-0.4, -0.2) is 27.2 Å². The molecule has 2 heterocycles. The van der Waals surface area contributed by atoms with E-state index in [9.17, 15) is 9.50 Å². The second-order valence-electron chi connectivity index (χ2n) is 6.25. The van der Waals surface area contributed by atoms with Gasteiger partial charge in [0.2, 0.25) is 0 Å². The summed E-state index contributed by atoms with van der Waals surface area (Å²) in [6, 6.07) is 8.71. The maximum Gasteiger partial charge on any atom is 0.123 e. The van der Waals surface area contributed by atoms with Crippen molar-refractivity contribution in [1.82, 2.24) is 9.47 Å². The molecular weight excluding hydrogens is 279 g/mol. The first-order chi connectivity index (χ1) is 10.6. The Balaban J connectivity index is 1.61. The van der Waals surface area contributed by atoms with Gasteiger partial charge in [0, 0.05) is 32.0 Å². The summed E-state index contributed by atoms with van der Waals surface area (Å²) in [5.74, 6) is -0.262. The molecule has 1 aromatic carbocycles. The summed E-state index contributed by atoms with van der Waals surface area (Å²) >= 11 is 0. The molecule has 2 unspecified atom stereocenters. The molecule has 0 amide bonds. The average molecular weight is 302 g/mol. The average Bonchev–Trinajstić information content (AvgIpc) is 3.10. The van der Waals surface area contributed by atoms with Gasteiger partial charge in [-0.25, -0.2) is 4.39 Å². The largest absolute Gasteiger partial charge is 0.388 e. The van der Waals surface area contributed by atoms with Crippen LogP contribution in [0.1, 0.15) is 36.5 Å². The Hall–Kier alpha value is -1.65. The molecule has 0 radical (unpaired) electrons. The zero-order chi connectivity index (χ0) is 15.5. The third-order valence-corrected chi connectivity index (χ3v) is 4.53. The van der Waals surface area contributed by atoms with Crippen molar-refractivity contribution in [3.8, 4) is 0 Å². The van der Waals surface area contributed by atoms with Crippen LogP contribution in [0.15, 0.2) is 42.7 Å². The molecule has 2 atom stereocenters. The number of hydrogen-bond acceptors (Lipinski definition) is 2. The van der Waals surface area contributed by atoms with Gasteiger partial charge in [-0.2, -0.15) is 0 Å². The van der Waals surface area contributed by atoms with Gasteiger partial charge in [0.1, 0.15) is 5.82 Å². The number of nitrogens with zero attached hydrogens (tertiary/aromatic N) is 2.